The lowest BCUT2D eigenvalue weighted by Gasteiger charge is -2.07. The second kappa shape index (κ2) is 5.03. The molecule has 3 heteroatoms. The highest BCUT2D eigenvalue weighted by molar-refractivity contribution is 4.44. The first-order valence-corrected chi connectivity index (χ1v) is 2.73. The summed E-state index contributed by atoms with van der Waals surface area (Å²) < 4.78 is 0. The molecule has 0 aromatic carbocycles. The van der Waals surface area contributed by atoms with Crippen LogP contribution in [0.25, 0.3) is 0 Å². The van der Waals surface area contributed by atoms with Crippen LogP contribution in [0.1, 0.15) is 0 Å². The highest BCUT2D eigenvalue weighted by Crippen LogP contribution is 1.67. The van der Waals surface area contributed by atoms with Gasteiger partial charge >= 0.3 is 0 Å². The molecule has 0 bridgehead atoms. The monoisotopic (exact) mass is 118 g/mol. The van der Waals surface area contributed by atoms with Crippen LogP contribution >= 0.6 is 0 Å². The van der Waals surface area contributed by atoms with E-state index in [1.165, 1.54) is 0 Å². The van der Waals surface area contributed by atoms with E-state index in [1.54, 1.807) is 0 Å². The third-order valence-corrected chi connectivity index (χ3v) is 0.848. The predicted octanol–water partition coefficient (Wildman–Crippen LogP) is -0.913. The molecule has 0 heterocycles. The lowest BCUT2D eigenvalue weighted by molar-refractivity contribution is 0.253. The SMILES string of the molecule is CN(C)CCNCO. The molecule has 3 nitrogen and oxygen atoms in total. The van der Waals surface area contributed by atoms with Crippen molar-refractivity contribution < 1.29 is 5.11 Å². The lowest BCUT2D eigenvalue weighted by Crippen LogP contribution is -2.26. The Bertz CT molecular complexity index is 47.7. The van der Waals surface area contributed by atoms with Crippen molar-refractivity contribution in [3.8, 4) is 0 Å². The molecule has 0 aromatic rings. The van der Waals surface area contributed by atoms with Crippen LogP contribution in [0.4, 0.5) is 0 Å². The first kappa shape index (κ1) is 7.88. The molecule has 8 heavy (non-hydrogen) atoms. The van der Waals surface area contributed by atoms with E-state index >= 15 is 0 Å². The van der Waals surface area contributed by atoms with Gasteiger partial charge in [0.2, 0.25) is 0 Å². The minimum atomic E-state index is 0.0772. The minimum absolute atomic E-state index is 0.0772. The van der Waals surface area contributed by atoms with Gasteiger partial charge in [-0.2, -0.15) is 0 Å². The van der Waals surface area contributed by atoms with Crippen LogP contribution in [0.2, 0.25) is 0 Å². The molecule has 0 spiro atoms. The summed E-state index contributed by atoms with van der Waals surface area (Å²) in [5, 5.41) is 11.0. The largest absolute Gasteiger partial charge is 0.381 e. The van der Waals surface area contributed by atoms with Gasteiger partial charge in [0.1, 0.15) is 0 Å². The average molecular weight is 118 g/mol. The second-order valence-corrected chi connectivity index (χ2v) is 1.96. The second-order valence-electron chi connectivity index (χ2n) is 1.96. The average Bonchev–Trinajstić information content (AvgIpc) is 1.66. The summed E-state index contributed by atoms with van der Waals surface area (Å²) in [7, 11) is 4.00. The molecule has 0 aliphatic carbocycles. The minimum Gasteiger partial charge on any atom is -0.381 e. The van der Waals surface area contributed by atoms with E-state index in [2.05, 4.69) is 10.2 Å². The molecule has 0 saturated carbocycles. The van der Waals surface area contributed by atoms with Crippen LogP contribution in [-0.4, -0.2) is 43.9 Å². The van der Waals surface area contributed by atoms with Gasteiger partial charge in [-0.1, -0.05) is 0 Å². The van der Waals surface area contributed by atoms with Crippen molar-refractivity contribution in [3.05, 3.63) is 0 Å². The molecule has 0 fully saturated rings. The van der Waals surface area contributed by atoms with Gasteiger partial charge in [0.25, 0.3) is 0 Å². The topological polar surface area (TPSA) is 35.5 Å². The molecule has 0 saturated heterocycles. The Morgan fingerprint density at radius 1 is 1.50 bits per heavy atom. The maximum Gasteiger partial charge on any atom is 0.0931 e. The van der Waals surface area contributed by atoms with Gasteiger partial charge in [0.15, 0.2) is 0 Å². The van der Waals surface area contributed by atoms with E-state index in [0.717, 1.165) is 13.1 Å². The summed E-state index contributed by atoms with van der Waals surface area (Å²) in [5.74, 6) is 0. The predicted molar refractivity (Wildman–Crippen MR) is 33.6 cm³/mol. The van der Waals surface area contributed by atoms with E-state index in [4.69, 9.17) is 5.11 Å². The summed E-state index contributed by atoms with van der Waals surface area (Å²) >= 11 is 0. The quantitative estimate of drug-likeness (QED) is 0.370. The molecule has 0 unspecified atom stereocenters. The zero-order valence-corrected chi connectivity index (χ0v) is 5.52. The number of aliphatic hydroxyl groups excluding tert-OH is 1. The van der Waals surface area contributed by atoms with Gasteiger partial charge in [-0.15, -0.1) is 0 Å². The zero-order chi connectivity index (χ0) is 6.41. The van der Waals surface area contributed by atoms with Gasteiger partial charge in [-0.3, -0.25) is 5.32 Å². The molecule has 2 N–H and O–H groups in total. The van der Waals surface area contributed by atoms with E-state index in [0.29, 0.717) is 0 Å². The molecule has 0 radical (unpaired) electrons. The van der Waals surface area contributed by atoms with Crippen LogP contribution in [0, 0.1) is 0 Å². The number of nitrogens with one attached hydrogen (secondary N) is 1. The number of aliphatic hydroxyl groups is 1. The van der Waals surface area contributed by atoms with Gasteiger partial charge in [-0.25, -0.2) is 0 Å². The Hall–Kier alpha value is -0.120. The van der Waals surface area contributed by atoms with Crippen LogP contribution in [0.3, 0.4) is 0 Å². The summed E-state index contributed by atoms with van der Waals surface area (Å²) in [6, 6.07) is 0. The van der Waals surface area contributed by atoms with Crippen molar-refractivity contribution in [1.29, 1.82) is 0 Å². The fourth-order valence-electron chi connectivity index (χ4n) is 0.382. The molecule has 0 aromatic heterocycles. The summed E-state index contributed by atoms with van der Waals surface area (Å²) in [6.07, 6.45) is 0. The Morgan fingerprint density at radius 2 is 2.12 bits per heavy atom. The van der Waals surface area contributed by atoms with Crippen molar-refractivity contribution in [2.75, 3.05) is 33.9 Å². The van der Waals surface area contributed by atoms with Crippen LogP contribution in [-0.2, 0) is 0 Å². The first-order chi connectivity index (χ1) is 3.77. The van der Waals surface area contributed by atoms with Crippen molar-refractivity contribution in [2.45, 2.75) is 0 Å². The Balaban J connectivity index is 2.72. The summed E-state index contributed by atoms with van der Waals surface area (Å²) in [5.41, 5.74) is 0. The maximum absolute atomic E-state index is 8.25. The first-order valence-electron chi connectivity index (χ1n) is 2.73. The molecule has 0 aliphatic rings. The lowest BCUT2D eigenvalue weighted by atomic mass is 10.6. The third kappa shape index (κ3) is 5.88. The third-order valence-electron chi connectivity index (χ3n) is 0.848. The standard InChI is InChI=1S/C5H14N2O/c1-7(2)4-3-6-5-8/h6,8H,3-5H2,1-2H3. The Kier molecular flexibility index (Phi) is 4.95. The number of hydrogen-bond acceptors (Lipinski definition) is 3. The zero-order valence-electron chi connectivity index (χ0n) is 5.52. The molecule has 0 atom stereocenters. The van der Waals surface area contributed by atoms with E-state index in [1.807, 2.05) is 14.1 Å². The van der Waals surface area contributed by atoms with Crippen molar-refractivity contribution in [3.63, 3.8) is 0 Å². The van der Waals surface area contributed by atoms with Crippen molar-refractivity contribution in [1.82, 2.24) is 10.2 Å². The number of hydrogen-bond donors (Lipinski definition) is 2. The molecule has 0 amide bonds. The summed E-state index contributed by atoms with van der Waals surface area (Å²) in [4.78, 5) is 2.06. The van der Waals surface area contributed by atoms with Gasteiger partial charge < -0.3 is 10.0 Å². The van der Waals surface area contributed by atoms with E-state index in [9.17, 15) is 0 Å². The van der Waals surface area contributed by atoms with Gasteiger partial charge in [0, 0.05) is 13.1 Å². The molecular formula is C5H14N2O. The number of likely N-dealkylation sites (N-methyl/N-ethyl adjacent to an activating group) is 1. The van der Waals surface area contributed by atoms with Crippen LogP contribution in [0.15, 0.2) is 0 Å². The van der Waals surface area contributed by atoms with Crippen molar-refractivity contribution in [2.24, 2.45) is 0 Å². The molecule has 0 rings (SSSR count). The Labute approximate surface area is 50.3 Å². The van der Waals surface area contributed by atoms with Crippen LogP contribution < -0.4 is 5.32 Å². The highest BCUT2D eigenvalue weighted by atomic mass is 16.3. The van der Waals surface area contributed by atoms with Crippen molar-refractivity contribution >= 4 is 0 Å². The number of nitrogens with zero attached hydrogens (tertiary/aromatic N) is 1. The van der Waals surface area contributed by atoms with Gasteiger partial charge in [0.05, 0.1) is 6.73 Å². The smallest absolute Gasteiger partial charge is 0.0931 e. The fraction of sp³-hybridized carbons (Fsp3) is 1.00. The fourth-order valence-corrected chi connectivity index (χ4v) is 0.382. The summed E-state index contributed by atoms with van der Waals surface area (Å²) in [6.45, 7) is 1.90. The molecular weight excluding hydrogens is 104 g/mol. The molecule has 0 aliphatic heterocycles. The molecule has 50 valence electrons. The van der Waals surface area contributed by atoms with E-state index in [-0.39, 0.29) is 6.73 Å². The van der Waals surface area contributed by atoms with Gasteiger partial charge in [-0.05, 0) is 14.1 Å². The maximum atomic E-state index is 8.25. The highest BCUT2D eigenvalue weighted by Gasteiger charge is 1.85. The number of rotatable bonds is 4. The van der Waals surface area contributed by atoms with Crippen LogP contribution in [0.5, 0.6) is 0 Å². The Morgan fingerprint density at radius 3 is 2.50 bits per heavy atom. The van der Waals surface area contributed by atoms with E-state index < -0.39 is 0 Å². The normalized spacial score (nSPS) is 10.5.